The van der Waals surface area contributed by atoms with E-state index in [-0.39, 0.29) is 11.7 Å². The van der Waals surface area contributed by atoms with Crippen LogP contribution in [0.15, 0.2) is 45.6 Å². The van der Waals surface area contributed by atoms with Crippen molar-refractivity contribution in [1.82, 2.24) is 10.2 Å². The maximum Gasteiger partial charge on any atom is 0.336 e. The van der Waals surface area contributed by atoms with Crippen molar-refractivity contribution >= 4 is 28.3 Å². The maximum atomic E-state index is 11.8. The first-order chi connectivity index (χ1) is 16.9. The van der Waals surface area contributed by atoms with Gasteiger partial charge in [-0.2, -0.15) is 0 Å². The Labute approximate surface area is 209 Å². The van der Waals surface area contributed by atoms with Crippen LogP contribution in [0.4, 0.5) is 0 Å². The summed E-state index contributed by atoms with van der Waals surface area (Å²) in [6, 6.07) is 10.9. The molecule has 0 radical (unpaired) electrons. The van der Waals surface area contributed by atoms with Crippen LogP contribution in [0.1, 0.15) is 22.7 Å². The third-order valence-corrected chi connectivity index (χ3v) is 6.56. The number of nitrogens with one attached hydrogen (secondary N) is 1. The molecule has 1 atom stereocenters. The zero-order valence-corrected chi connectivity index (χ0v) is 21.2. The molecule has 1 aliphatic heterocycles. The first kappa shape index (κ1) is 24.8. The highest BCUT2D eigenvalue weighted by atomic mass is 32.1. The number of fused-ring (bicyclic) bond motifs is 2. The van der Waals surface area contributed by atoms with E-state index in [9.17, 15) is 4.79 Å². The van der Waals surface area contributed by atoms with Crippen LogP contribution in [0, 0.1) is 6.92 Å². The zero-order valence-electron chi connectivity index (χ0n) is 20.4. The second-order valence-electron chi connectivity index (χ2n) is 8.31. The van der Waals surface area contributed by atoms with Crippen LogP contribution >= 0.6 is 12.2 Å². The summed E-state index contributed by atoms with van der Waals surface area (Å²) in [6.45, 7) is 4.10. The van der Waals surface area contributed by atoms with Crippen LogP contribution < -0.4 is 25.2 Å². The van der Waals surface area contributed by atoms with E-state index >= 15 is 0 Å². The molecule has 0 saturated carbocycles. The number of nitrogens with zero attached hydrogens (tertiary/aromatic N) is 1. The maximum absolute atomic E-state index is 11.8. The number of rotatable bonds is 8. The predicted octanol–water partition coefficient (Wildman–Crippen LogP) is 3.62. The summed E-state index contributed by atoms with van der Waals surface area (Å²) < 4.78 is 27.8. The highest BCUT2D eigenvalue weighted by Gasteiger charge is 2.31. The van der Waals surface area contributed by atoms with Gasteiger partial charge in [0.1, 0.15) is 17.9 Å². The average molecular weight is 499 g/mol. The van der Waals surface area contributed by atoms with E-state index in [0.717, 1.165) is 35.0 Å². The lowest BCUT2D eigenvalue weighted by Gasteiger charge is -2.39. The molecule has 9 heteroatoms. The minimum atomic E-state index is -0.381. The molecule has 4 rings (SSSR count). The van der Waals surface area contributed by atoms with E-state index in [1.807, 2.05) is 31.2 Å². The SMILES string of the molecule is COCCNC(=S)N1CCc2cc(OC)c(OC)cc2[C@@H]1COc1ccc2c(C)cc(=O)oc2c1. The molecule has 0 spiro atoms. The quantitative estimate of drug-likeness (QED) is 0.284. The lowest BCUT2D eigenvalue weighted by atomic mass is 9.92. The normalized spacial score (nSPS) is 15.0. The van der Waals surface area contributed by atoms with Gasteiger partial charge in [0.25, 0.3) is 0 Å². The fourth-order valence-electron chi connectivity index (χ4n) is 4.38. The Morgan fingerprint density at radius 2 is 1.91 bits per heavy atom. The molecule has 2 heterocycles. The number of thiocarbonyl (C=S) groups is 1. The van der Waals surface area contributed by atoms with Crippen LogP contribution in [0.3, 0.4) is 0 Å². The van der Waals surface area contributed by atoms with E-state index in [2.05, 4.69) is 10.2 Å². The number of hydrogen-bond acceptors (Lipinski definition) is 7. The Balaban J connectivity index is 1.64. The Kier molecular flexibility index (Phi) is 7.77. The number of ether oxygens (including phenoxy) is 4. The molecule has 1 N–H and O–H groups in total. The van der Waals surface area contributed by atoms with Crippen LogP contribution in [-0.2, 0) is 11.2 Å². The van der Waals surface area contributed by atoms with Gasteiger partial charge in [-0.05, 0) is 66.5 Å². The summed E-state index contributed by atoms with van der Waals surface area (Å²) in [5, 5.41) is 4.78. The summed E-state index contributed by atoms with van der Waals surface area (Å²) in [7, 11) is 4.91. The van der Waals surface area contributed by atoms with Gasteiger partial charge in [0, 0.05) is 37.7 Å². The fourth-order valence-corrected chi connectivity index (χ4v) is 4.70. The van der Waals surface area contributed by atoms with Crippen LogP contribution in [0.5, 0.6) is 17.2 Å². The highest BCUT2D eigenvalue weighted by Crippen LogP contribution is 2.38. The molecule has 35 heavy (non-hydrogen) atoms. The second-order valence-corrected chi connectivity index (χ2v) is 8.69. The van der Waals surface area contributed by atoms with Gasteiger partial charge in [-0.3, -0.25) is 0 Å². The van der Waals surface area contributed by atoms with E-state index in [1.165, 1.54) is 6.07 Å². The van der Waals surface area contributed by atoms with Crippen molar-refractivity contribution in [2.24, 2.45) is 0 Å². The van der Waals surface area contributed by atoms with Crippen molar-refractivity contribution in [3.63, 3.8) is 0 Å². The molecule has 2 aromatic carbocycles. The van der Waals surface area contributed by atoms with Gasteiger partial charge in [0.15, 0.2) is 16.6 Å². The third kappa shape index (κ3) is 5.36. The Morgan fingerprint density at radius 1 is 1.14 bits per heavy atom. The molecule has 1 aliphatic rings. The number of hydrogen-bond donors (Lipinski definition) is 1. The first-order valence-corrected chi connectivity index (χ1v) is 11.8. The molecule has 0 amide bonds. The monoisotopic (exact) mass is 498 g/mol. The van der Waals surface area contributed by atoms with Gasteiger partial charge in [0.05, 0.1) is 26.9 Å². The molecular formula is C26H30N2O6S. The van der Waals surface area contributed by atoms with Crippen LogP contribution in [-0.4, -0.2) is 57.6 Å². The summed E-state index contributed by atoms with van der Waals surface area (Å²) in [5.74, 6) is 1.96. The van der Waals surface area contributed by atoms with Gasteiger partial charge in [0.2, 0.25) is 0 Å². The molecular weight excluding hydrogens is 468 g/mol. The van der Waals surface area contributed by atoms with Crippen LogP contribution in [0.2, 0.25) is 0 Å². The van der Waals surface area contributed by atoms with Crippen LogP contribution in [0.25, 0.3) is 11.0 Å². The smallest absolute Gasteiger partial charge is 0.336 e. The van der Waals surface area contributed by atoms with E-state index in [4.69, 9.17) is 35.6 Å². The van der Waals surface area contributed by atoms with Crippen molar-refractivity contribution < 1.29 is 23.4 Å². The second kappa shape index (κ2) is 11.0. The predicted molar refractivity (Wildman–Crippen MR) is 138 cm³/mol. The zero-order chi connectivity index (χ0) is 24.9. The molecule has 1 aromatic heterocycles. The first-order valence-electron chi connectivity index (χ1n) is 11.4. The summed E-state index contributed by atoms with van der Waals surface area (Å²) in [4.78, 5) is 14.0. The molecule has 0 saturated heterocycles. The number of benzene rings is 2. The van der Waals surface area contributed by atoms with Gasteiger partial charge >= 0.3 is 5.63 Å². The molecule has 0 fully saturated rings. The average Bonchev–Trinajstić information content (AvgIpc) is 2.85. The topological polar surface area (TPSA) is 82.4 Å². The fraction of sp³-hybridized carbons (Fsp3) is 0.385. The van der Waals surface area contributed by atoms with Gasteiger partial charge in [-0.1, -0.05) is 0 Å². The summed E-state index contributed by atoms with van der Waals surface area (Å²) in [6.07, 6.45) is 0.804. The third-order valence-electron chi connectivity index (χ3n) is 6.18. The lowest BCUT2D eigenvalue weighted by molar-refractivity contribution is 0.182. The Hall–Kier alpha value is -3.30. The van der Waals surface area contributed by atoms with Crippen molar-refractivity contribution in [3.05, 3.63) is 63.5 Å². The largest absolute Gasteiger partial charge is 0.493 e. The van der Waals surface area contributed by atoms with Gasteiger partial charge < -0.3 is 33.6 Å². The van der Waals surface area contributed by atoms with Gasteiger partial charge in [-0.15, -0.1) is 0 Å². The standard InChI is InChI=1S/C26H30N2O6S/c1-16-11-25(29)34-22-13-18(5-6-19(16)22)33-15-21-20-14-24(32-4)23(31-3)12-17(20)7-9-28(21)26(35)27-8-10-30-2/h5-6,11-14,21H,7-10,15H2,1-4H3,(H,27,35)/t21-/m0/s1. The Bertz CT molecular complexity index is 1270. The van der Waals surface area contributed by atoms with Gasteiger partial charge in [-0.25, -0.2) is 4.79 Å². The van der Waals surface area contributed by atoms with E-state index < -0.39 is 0 Å². The van der Waals surface area contributed by atoms with Crippen molar-refractivity contribution in [2.45, 2.75) is 19.4 Å². The highest BCUT2D eigenvalue weighted by molar-refractivity contribution is 7.80. The molecule has 0 aliphatic carbocycles. The summed E-state index contributed by atoms with van der Waals surface area (Å²) in [5.41, 5.74) is 3.20. The van der Waals surface area contributed by atoms with E-state index in [1.54, 1.807) is 27.4 Å². The number of aryl methyl sites for hydroxylation is 1. The number of methoxy groups -OCH3 is 3. The lowest BCUT2D eigenvalue weighted by Crippen LogP contribution is -2.47. The molecule has 0 bridgehead atoms. The molecule has 3 aromatic rings. The van der Waals surface area contributed by atoms with E-state index in [0.29, 0.717) is 47.7 Å². The van der Waals surface area contributed by atoms with Crippen molar-refractivity contribution in [3.8, 4) is 17.2 Å². The van der Waals surface area contributed by atoms with Crippen molar-refractivity contribution in [2.75, 3.05) is 47.6 Å². The molecule has 186 valence electrons. The Morgan fingerprint density at radius 3 is 2.66 bits per heavy atom. The summed E-state index contributed by atoms with van der Waals surface area (Å²) >= 11 is 5.72. The molecule has 0 unspecified atom stereocenters. The molecule has 8 nitrogen and oxygen atoms in total. The minimum absolute atomic E-state index is 0.165. The van der Waals surface area contributed by atoms with Crippen molar-refractivity contribution in [1.29, 1.82) is 0 Å². The minimum Gasteiger partial charge on any atom is -0.493 e.